The number of carbonyl (C=O) groups excluding carboxylic acids is 1. The Bertz CT molecular complexity index is 1200. The van der Waals surface area contributed by atoms with Crippen molar-refractivity contribution >= 4 is 45.0 Å². The van der Waals surface area contributed by atoms with Gasteiger partial charge in [-0.15, -0.1) is 11.3 Å². The molecule has 0 fully saturated rings. The van der Waals surface area contributed by atoms with E-state index in [4.69, 9.17) is 0 Å². The number of hydrogen-bond donors (Lipinski definition) is 3. The largest absolute Gasteiger partial charge is 0.383 e. The molecule has 0 aliphatic carbocycles. The molecule has 2 heterocycles. The van der Waals surface area contributed by atoms with Gasteiger partial charge in [-0.1, -0.05) is 6.07 Å². The van der Waals surface area contributed by atoms with Crippen LogP contribution in [0.1, 0.15) is 21.8 Å². The van der Waals surface area contributed by atoms with Crippen molar-refractivity contribution in [1.29, 1.82) is 0 Å². The lowest BCUT2D eigenvalue weighted by molar-refractivity contribution is -0.383. The zero-order chi connectivity index (χ0) is 21.1. The van der Waals surface area contributed by atoms with Crippen LogP contribution < -0.4 is 16.3 Å². The van der Waals surface area contributed by atoms with Gasteiger partial charge in [0.1, 0.15) is 16.3 Å². The van der Waals surface area contributed by atoms with Gasteiger partial charge in [-0.3, -0.25) is 19.7 Å². The number of aromatic nitrogens is 2. The van der Waals surface area contributed by atoms with Gasteiger partial charge in [0.05, 0.1) is 22.9 Å². The Morgan fingerprint density at radius 3 is 2.86 bits per heavy atom. The number of nitrogens with one attached hydrogen (secondary N) is 3. The maximum Gasteiger partial charge on any atom is 0.292 e. The predicted molar refractivity (Wildman–Crippen MR) is 112 cm³/mol. The number of aryl methyl sites for hydroxylation is 2. The normalized spacial score (nSPS) is 11.1. The van der Waals surface area contributed by atoms with E-state index in [2.05, 4.69) is 25.8 Å². The second-order valence-corrected chi connectivity index (χ2v) is 7.43. The van der Waals surface area contributed by atoms with Gasteiger partial charge in [0, 0.05) is 23.6 Å². The third-order valence-electron chi connectivity index (χ3n) is 4.31. The van der Waals surface area contributed by atoms with Crippen molar-refractivity contribution in [2.75, 3.05) is 12.4 Å². The minimum atomic E-state index is -0.506. The minimum absolute atomic E-state index is 0.0978. The van der Waals surface area contributed by atoms with Crippen LogP contribution in [0, 0.1) is 24.0 Å². The van der Waals surface area contributed by atoms with Crippen LogP contribution in [0.2, 0.25) is 0 Å². The summed E-state index contributed by atoms with van der Waals surface area (Å²) >= 11 is 1.40. The number of hydrazone groups is 1. The van der Waals surface area contributed by atoms with Gasteiger partial charge in [0.15, 0.2) is 0 Å². The fourth-order valence-electron chi connectivity index (χ4n) is 2.74. The van der Waals surface area contributed by atoms with Crippen LogP contribution in [0.5, 0.6) is 0 Å². The Balaban J connectivity index is 1.70. The summed E-state index contributed by atoms with van der Waals surface area (Å²) in [6.45, 7) is 3.77. The number of carbonyl (C=O) groups is 1. The van der Waals surface area contributed by atoms with E-state index in [0.717, 1.165) is 10.4 Å². The Labute approximate surface area is 168 Å². The highest BCUT2D eigenvalue weighted by Crippen LogP contribution is 2.26. The minimum Gasteiger partial charge on any atom is -0.383 e. The third-order valence-corrected chi connectivity index (χ3v) is 5.41. The van der Waals surface area contributed by atoms with E-state index in [1.807, 2.05) is 13.8 Å². The number of nitro benzene ring substituents is 1. The summed E-state index contributed by atoms with van der Waals surface area (Å²) in [7, 11) is 1.59. The molecule has 150 valence electrons. The smallest absolute Gasteiger partial charge is 0.292 e. The van der Waals surface area contributed by atoms with Crippen LogP contribution in [0.3, 0.4) is 0 Å². The molecule has 3 rings (SSSR count). The Hall–Kier alpha value is -3.60. The number of nitrogens with zero attached hydrogens (tertiary/aromatic N) is 3. The molecule has 1 aromatic carbocycles. The molecule has 3 aromatic rings. The second-order valence-electron chi connectivity index (χ2n) is 6.23. The molecule has 10 nitrogen and oxygen atoms in total. The van der Waals surface area contributed by atoms with Crippen molar-refractivity contribution in [3.63, 3.8) is 0 Å². The number of nitro groups is 1. The summed E-state index contributed by atoms with van der Waals surface area (Å²) in [6, 6.07) is 4.52. The molecule has 0 unspecified atom stereocenters. The highest BCUT2D eigenvalue weighted by atomic mass is 32.1. The van der Waals surface area contributed by atoms with E-state index in [9.17, 15) is 19.7 Å². The monoisotopic (exact) mass is 414 g/mol. The van der Waals surface area contributed by atoms with E-state index < -0.39 is 10.8 Å². The summed E-state index contributed by atoms with van der Waals surface area (Å²) in [5, 5.41) is 18.2. The summed E-state index contributed by atoms with van der Waals surface area (Å²) in [5.41, 5.74) is 3.67. The molecule has 11 heteroatoms. The zero-order valence-corrected chi connectivity index (χ0v) is 16.7. The van der Waals surface area contributed by atoms with Crippen molar-refractivity contribution in [3.8, 4) is 0 Å². The molecule has 0 spiro atoms. The van der Waals surface area contributed by atoms with E-state index in [1.165, 1.54) is 23.6 Å². The van der Waals surface area contributed by atoms with Crippen LogP contribution in [0.15, 0.2) is 28.1 Å². The number of fused-ring (bicyclic) bond motifs is 1. The SMILES string of the molecule is CNc1ccc(C=NNC(=O)Cc2nc3sc(C)c(C)c3c(=O)[nH]2)cc1[N+](=O)[O-]. The second kappa shape index (κ2) is 8.19. The fourth-order valence-corrected chi connectivity index (χ4v) is 3.79. The van der Waals surface area contributed by atoms with E-state index >= 15 is 0 Å². The maximum atomic E-state index is 12.2. The summed E-state index contributed by atoms with van der Waals surface area (Å²) in [5.74, 6) is -0.236. The van der Waals surface area contributed by atoms with Crippen LogP contribution in [-0.2, 0) is 11.2 Å². The molecular formula is C18H18N6O4S. The highest BCUT2D eigenvalue weighted by molar-refractivity contribution is 7.18. The lowest BCUT2D eigenvalue weighted by Gasteiger charge is -2.03. The average Bonchev–Trinajstić information content (AvgIpc) is 2.95. The summed E-state index contributed by atoms with van der Waals surface area (Å²) < 4.78 is 0. The van der Waals surface area contributed by atoms with E-state index in [-0.39, 0.29) is 23.5 Å². The van der Waals surface area contributed by atoms with Gasteiger partial charge in [-0.05, 0) is 25.5 Å². The van der Waals surface area contributed by atoms with Crippen LogP contribution >= 0.6 is 11.3 Å². The van der Waals surface area contributed by atoms with Crippen molar-refractivity contribution in [2.45, 2.75) is 20.3 Å². The van der Waals surface area contributed by atoms with Crippen LogP contribution in [-0.4, -0.2) is 34.1 Å². The number of anilines is 1. The Morgan fingerprint density at radius 2 is 2.17 bits per heavy atom. The average molecular weight is 414 g/mol. The standard InChI is InChI=1S/C18H18N6O4S/c1-9-10(2)29-18-16(9)17(26)21-14(22-18)7-15(25)23-20-8-11-4-5-12(19-3)13(6-11)24(27)28/h4-6,8,19H,7H2,1-3H3,(H,23,25)(H,21,22,26). The number of aromatic amines is 1. The van der Waals surface area contributed by atoms with Crippen molar-refractivity contribution in [1.82, 2.24) is 15.4 Å². The maximum absolute atomic E-state index is 12.2. The van der Waals surface area contributed by atoms with Crippen LogP contribution in [0.25, 0.3) is 10.2 Å². The number of benzene rings is 1. The zero-order valence-electron chi connectivity index (χ0n) is 15.9. The Kier molecular flexibility index (Phi) is 5.69. The first-order valence-electron chi connectivity index (χ1n) is 8.57. The first kappa shape index (κ1) is 20.1. The number of H-pyrrole nitrogens is 1. The number of hydrogen-bond acceptors (Lipinski definition) is 8. The molecule has 1 amide bonds. The molecule has 29 heavy (non-hydrogen) atoms. The molecular weight excluding hydrogens is 396 g/mol. The molecule has 0 bridgehead atoms. The lowest BCUT2D eigenvalue weighted by Crippen LogP contribution is -2.23. The van der Waals surface area contributed by atoms with Gasteiger partial charge in [0.25, 0.3) is 11.2 Å². The topological polar surface area (TPSA) is 142 Å². The number of amides is 1. The quantitative estimate of drug-likeness (QED) is 0.321. The van der Waals surface area contributed by atoms with Gasteiger partial charge in [-0.2, -0.15) is 5.10 Å². The van der Waals surface area contributed by atoms with Crippen LogP contribution in [0.4, 0.5) is 11.4 Å². The van der Waals surface area contributed by atoms with Gasteiger partial charge < -0.3 is 10.3 Å². The Morgan fingerprint density at radius 1 is 1.41 bits per heavy atom. The number of rotatable bonds is 6. The molecule has 0 radical (unpaired) electrons. The first-order valence-corrected chi connectivity index (χ1v) is 9.38. The van der Waals surface area contributed by atoms with E-state index in [0.29, 0.717) is 21.5 Å². The third kappa shape index (κ3) is 4.29. The first-order chi connectivity index (χ1) is 13.8. The molecule has 0 aliphatic rings. The lowest BCUT2D eigenvalue weighted by atomic mass is 10.2. The number of thiophene rings is 1. The molecule has 0 saturated carbocycles. The molecule has 0 saturated heterocycles. The molecule has 0 aliphatic heterocycles. The molecule has 2 aromatic heterocycles. The van der Waals surface area contributed by atoms with Crippen molar-refractivity contribution < 1.29 is 9.72 Å². The van der Waals surface area contributed by atoms with Gasteiger partial charge in [-0.25, -0.2) is 10.4 Å². The molecule has 0 atom stereocenters. The van der Waals surface area contributed by atoms with E-state index in [1.54, 1.807) is 19.2 Å². The fraction of sp³-hybridized carbons (Fsp3) is 0.222. The highest BCUT2D eigenvalue weighted by Gasteiger charge is 2.14. The predicted octanol–water partition coefficient (Wildman–Crippen LogP) is 2.24. The molecule has 3 N–H and O–H groups in total. The van der Waals surface area contributed by atoms with Gasteiger partial charge in [0.2, 0.25) is 5.91 Å². The summed E-state index contributed by atoms with van der Waals surface area (Å²) in [6.07, 6.45) is 1.15. The van der Waals surface area contributed by atoms with Crippen molar-refractivity contribution in [2.24, 2.45) is 5.10 Å². The van der Waals surface area contributed by atoms with Crippen molar-refractivity contribution in [3.05, 3.63) is 60.5 Å². The summed E-state index contributed by atoms with van der Waals surface area (Å²) in [4.78, 5) is 43.5. The van der Waals surface area contributed by atoms with Gasteiger partial charge >= 0.3 is 0 Å².